The highest BCUT2D eigenvalue weighted by Gasteiger charge is 2.39. The van der Waals surface area contributed by atoms with Crippen LogP contribution in [0.5, 0.6) is 0 Å². The standard InChI is InChI=1S/C17H31N3/c1-2-5-16(14(4-1)15-6-3-9-18-15)19-17-12-20-10-7-13(17)8-11-20/h13-19H,1-12H2. The van der Waals surface area contributed by atoms with Gasteiger partial charge in [0.2, 0.25) is 0 Å². The third-order valence-corrected chi connectivity index (χ3v) is 6.52. The number of nitrogens with zero attached hydrogens (tertiary/aromatic N) is 1. The summed E-state index contributed by atoms with van der Waals surface area (Å²) in [6.07, 6.45) is 11.5. The molecule has 1 saturated carbocycles. The number of nitrogens with one attached hydrogen (secondary N) is 2. The predicted octanol–water partition coefficient (Wildman–Crippen LogP) is 1.98. The molecule has 5 fully saturated rings. The Labute approximate surface area is 123 Å². The van der Waals surface area contributed by atoms with Gasteiger partial charge in [-0.05, 0) is 70.0 Å². The van der Waals surface area contributed by atoms with E-state index >= 15 is 0 Å². The molecular formula is C17H31N3. The van der Waals surface area contributed by atoms with E-state index in [2.05, 4.69) is 15.5 Å². The van der Waals surface area contributed by atoms with Crippen molar-refractivity contribution < 1.29 is 0 Å². The normalized spacial score (nSPS) is 48.6. The van der Waals surface area contributed by atoms with Crippen molar-refractivity contribution >= 4 is 0 Å². The van der Waals surface area contributed by atoms with Crippen LogP contribution in [0, 0.1) is 11.8 Å². The summed E-state index contributed by atoms with van der Waals surface area (Å²) in [4.78, 5) is 2.68. The number of rotatable bonds is 3. The fourth-order valence-electron chi connectivity index (χ4n) is 5.35. The van der Waals surface area contributed by atoms with Crippen LogP contribution in [0.4, 0.5) is 0 Å². The van der Waals surface area contributed by atoms with Crippen molar-refractivity contribution in [2.24, 2.45) is 11.8 Å². The average Bonchev–Trinajstić information content (AvgIpc) is 3.03. The van der Waals surface area contributed by atoms with Crippen LogP contribution in [0.2, 0.25) is 0 Å². The Morgan fingerprint density at radius 3 is 2.40 bits per heavy atom. The highest BCUT2D eigenvalue weighted by molar-refractivity contribution is 4.97. The lowest BCUT2D eigenvalue weighted by Gasteiger charge is -2.48. The largest absolute Gasteiger partial charge is 0.314 e. The van der Waals surface area contributed by atoms with Crippen molar-refractivity contribution in [3.05, 3.63) is 0 Å². The molecule has 4 heterocycles. The summed E-state index contributed by atoms with van der Waals surface area (Å²) in [5.74, 6) is 1.88. The molecule has 4 unspecified atom stereocenters. The van der Waals surface area contributed by atoms with Gasteiger partial charge in [-0.3, -0.25) is 0 Å². The molecule has 3 heteroatoms. The second kappa shape index (κ2) is 5.94. The second-order valence-electron chi connectivity index (χ2n) is 7.67. The summed E-state index contributed by atoms with van der Waals surface area (Å²) < 4.78 is 0. The molecule has 0 spiro atoms. The molecule has 5 rings (SSSR count). The van der Waals surface area contributed by atoms with Gasteiger partial charge in [0.1, 0.15) is 0 Å². The van der Waals surface area contributed by atoms with Gasteiger partial charge in [-0.15, -0.1) is 0 Å². The van der Waals surface area contributed by atoms with Crippen LogP contribution in [0.3, 0.4) is 0 Å². The molecule has 4 atom stereocenters. The summed E-state index contributed by atoms with van der Waals surface area (Å²) in [6, 6.07) is 2.41. The van der Waals surface area contributed by atoms with Gasteiger partial charge in [0.15, 0.2) is 0 Å². The Bertz CT molecular complexity index is 318. The van der Waals surface area contributed by atoms with Gasteiger partial charge >= 0.3 is 0 Å². The second-order valence-corrected chi connectivity index (χ2v) is 7.67. The summed E-state index contributed by atoms with van der Waals surface area (Å²) in [7, 11) is 0. The van der Waals surface area contributed by atoms with Crippen LogP contribution in [0.25, 0.3) is 0 Å². The van der Waals surface area contributed by atoms with Gasteiger partial charge in [0.05, 0.1) is 0 Å². The Morgan fingerprint density at radius 1 is 0.850 bits per heavy atom. The molecule has 2 N–H and O–H groups in total. The zero-order valence-corrected chi connectivity index (χ0v) is 12.8. The lowest BCUT2D eigenvalue weighted by atomic mass is 9.77. The number of piperidine rings is 3. The molecule has 0 amide bonds. The Morgan fingerprint density at radius 2 is 1.70 bits per heavy atom. The van der Waals surface area contributed by atoms with Crippen molar-refractivity contribution in [1.29, 1.82) is 0 Å². The number of fused-ring (bicyclic) bond motifs is 3. The topological polar surface area (TPSA) is 27.3 Å². The van der Waals surface area contributed by atoms with E-state index in [0.717, 1.165) is 30.0 Å². The molecule has 0 aromatic rings. The van der Waals surface area contributed by atoms with Crippen molar-refractivity contribution in [3.8, 4) is 0 Å². The zero-order chi connectivity index (χ0) is 13.4. The van der Waals surface area contributed by atoms with E-state index < -0.39 is 0 Å². The van der Waals surface area contributed by atoms with Gasteiger partial charge in [0, 0.05) is 24.7 Å². The van der Waals surface area contributed by atoms with E-state index in [0.29, 0.717) is 0 Å². The molecule has 5 aliphatic rings. The van der Waals surface area contributed by atoms with Gasteiger partial charge in [-0.25, -0.2) is 0 Å². The van der Waals surface area contributed by atoms with E-state index in [1.807, 2.05) is 0 Å². The smallest absolute Gasteiger partial charge is 0.0226 e. The molecule has 0 aromatic heterocycles. The molecule has 20 heavy (non-hydrogen) atoms. The molecule has 1 aliphatic carbocycles. The van der Waals surface area contributed by atoms with Crippen LogP contribution in [-0.2, 0) is 0 Å². The van der Waals surface area contributed by atoms with Crippen LogP contribution < -0.4 is 10.6 Å². The first-order chi connectivity index (χ1) is 9.90. The maximum atomic E-state index is 4.13. The molecule has 114 valence electrons. The van der Waals surface area contributed by atoms with Crippen LogP contribution in [0.1, 0.15) is 51.4 Å². The molecule has 2 bridgehead atoms. The summed E-state index contributed by atoms with van der Waals surface area (Å²) in [5, 5.41) is 7.91. The van der Waals surface area contributed by atoms with E-state index in [-0.39, 0.29) is 0 Å². The minimum atomic E-state index is 0.796. The first-order valence-corrected chi connectivity index (χ1v) is 9.12. The SMILES string of the molecule is C1CNC(C2CCCCC2NC2CN3CCC2CC3)C1. The van der Waals surface area contributed by atoms with E-state index in [1.165, 1.54) is 77.5 Å². The van der Waals surface area contributed by atoms with Gasteiger partial charge in [-0.2, -0.15) is 0 Å². The highest BCUT2D eigenvalue weighted by Crippen LogP contribution is 2.33. The summed E-state index contributed by atoms with van der Waals surface area (Å²) in [6.45, 7) is 5.31. The highest BCUT2D eigenvalue weighted by atomic mass is 15.2. The van der Waals surface area contributed by atoms with Crippen LogP contribution in [-0.4, -0.2) is 49.2 Å². The maximum Gasteiger partial charge on any atom is 0.0226 e. The molecule has 0 aromatic carbocycles. The lowest BCUT2D eigenvalue weighted by molar-refractivity contribution is 0.0551. The number of hydrogen-bond donors (Lipinski definition) is 2. The van der Waals surface area contributed by atoms with Crippen molar-refractivity contribution in [3.63, 3.8) is 0 Å². The quantitative estimate of drug-likeness (QED) is 0.826. The molecule has 3 nitrogen and oxygen atoms in total. The van der Waals surface area contributed by atoms with Crippen molar-refractivity contribution in [2.75, 3.05) is 26.2 Å². The van der Waals surface area contributed by atoms with Crippen LogP contribution in [0.15, 0.2) is 0 Å². The third-order valence-electron chi connectivity index (χ3n) is 6.52. The fraction of sp³-hybridized carbons (Fsp3) is 1.00. The Kier molecular flexibility index (Phi) is 4.02. The first-order valence-electron chi connectivity index (χ1n) is 9.12. The summed E-state index contributed by atoms with van der Waals surface area (Å²) >= 11 is 0. The third kappa shape index (κ3) is 2.65. The van der Waals surface area contributed by atoms with E-state index in [4.69, 9.17) is 0 Å². The maximum absolute atomic E-state index is 4.13. The Balaban J connectivity index is 1.40. The fourth-order valence-corrected chi connectivity index (χ4v) is 5.35. The molecule has 4 aliphatic heterocycles. The van der Waals surface area contributed by atoms with Crippen LogP contribution >= 0.6 is 0 Å². The monoisotopic (exact) mass is 277 g/mol. The molecule has 0 radical (unpaired) electrons. The number of hydrogen-bond acceptors (Lipinski definition) is 3. The lowest BCUT2D eigenvalue weighted by Crippen LogP contribution is -2.60. The average molecular weight is 277 g/mol. The minimum Gasteiger partial charge on any atom is -0.314 e. The first kappa shape index (κ1) is 13.5. The van der Waals surface area contributed by atoms with Crippen molar-refractivity contribution in [2.45, 2.75) is 69.5 Å². The van der Waals surface area contributed by atoms with Crippen molar-refractivity contribution in [1.82, 2.24) is 15.5 Å². The van der Waals surface area contributed by atoms with Gasteiger partial charge in [0.25, 0.3) is 0 Å². The molecule has 4 saturated heterocycles. The molecular weight excluding hydrogens is 246 g/mol. The van der Waals surface area contributed by atoms with Gasteiger partial charge < -0.3 is 15.5 Å². The minimum absolute atomic E-state index is 0.796. The van der Waals surface area contributed by atoms with Gasteiger partial charge in [-0.1, -0.05) is 12.8 Å². The predicted molar refractivity (Wildman–Crippen MR) is 82.9 cm³/mol. The summed E-state index contributed by atoms with van der Waals surface area (Å²) in [5.41, 5.74) is 0. The van der Waals surface area contributed by atoms with E-state index in [1.54, 1.807) is 0 Å². The van der Waals surface area contributed by atoms with E-state index in [9.17, 15) is 0 Å². The zero-order valence-electron chi connectivity index (χ0n) is 12.8. The Hall–Kier alpha value is -0.120.